The number of pyridine rings is 1. The minimum Gasteiger partial charge on any atom is -0.361 e. The van der Waals surface area contributed by atoms with E-state index >= 15 is 0 Å². The Hall–Kier alpha value is -2.16. The Morgan fingerprint density at radius 3 is 2.85 bits per heavy atom. The summed E-state index contributed by atoms with van der Waals surface area (Å²) >= 11 is 0. The summed E-state index contributed by atoms with van der Waals surface area (Å²) in [6, 6.07) is 1.73. The first-order chi connectivity index (χ1) is 12.0. The number of aromatic amines is 1. The molecular formula is C17H20F3N3O3. The van der Waals surface area contributed by atoms with Crippen molar-refractivity contribution in [2.75, 3.05) is 6.61 Å². The van der Waals surface area contributed by atoms with Crippen molar-refractivity contribution in [1.82, 2.24) is 15.1 Å². The molecule has 2 aromatic heterocycles. The van der Waals surface area contributed by atoms with E-state index in [1.807, 2.05) is 0 Å². The van der Waals surface area contributed by atoms with Gasteiger partial charge in [0.1, 0.15) is 18.3 Å². The molecule has 1 unspecified atom stereocenters. The van der Waals surface area contributed by atoms with Crippen molar-refractivity contribution in [1.29, 1.82) is 0 Å². The van der Waals surface area contributed by atoms with Crippen molar-refractivity contribution in [3.05, 3.63) is 33.5 Å². The lowest BCUT2D eigenvalue weighted by atomic mass is 9.76. The van der Waals surface area contributed by atoms with Gasteiger partial charge in [0.25, 0.3) is 11.4 Å². The lowest BCUT2D eigenvalue weighted by molar-refractivity contribution is -0.185. The molecule has 0 bridgehead atoms. The molecule has 3 rings (SSSR count). The van der Waals surface area contributed by atoms with E-state index in [1.54, 1.807) is 6.07 Å². The fourth-order valence-corrected chi connectivity index (χ4v) is 3.02. The van der Waals surface area contributed by atoms with E-state index in [1.165, 1.54) is 6.92 Å². The van der Waals surface area contributed by atoms with Gasteiger partial charge in [-0.25, -0.2) is 0 Å². The summed E-state index contributed by atoms with van der Waals surface area (Å²) in [5.74, 6) is -0.0726. The van der Waals surface area contributed by atoms with Crippen molar-refractivity contribution < 1.29 is 22.4 Å². The number of H-pyrrole nitrogens is 1. The summed E-state index contributed by atoms with van der Waals surface area (Å²) in [7, 11) is 0. The predicted molar refractivity (Wildman–Crippen MR) is 86.6 cm³/mol. The zero-order valence-corrected chi connectivity index (χ0v) is 14.7. The summed E-state index contributed by atoms with van der Waals surface area (Å²) in [6.07, 6.45) is -2.88. The van der Waals surface area contributed by atoms with Crippen LogP contribution in [0, 0.1) is 5.41 Å². The summed E-state index contributed by atoms with van der Waals surface area (Å²) in [4.78, 5) is 19.2. The van der Waals surface area contributed by atoms with Gasteiger partial charge in [0.05, 0.1) is 0 Å². The number of hydrogen-bond donors (Lipinski definition) is 1. The van der Waals surface area contributed by atoms with E-state index in [4.69, 9.17) is 9.26 Å². The first-order valence-corrected chi connectivity index (χ1v) is 8.31. The fourth-order valence-electron chi connectivity index (χ4n) is 3.02. The highest BCUT2D eigenvalue weighted by atomic mass is 19.4. The lowest BCUT2D eigenvalue weighted by Gasteiger charge is -2.30. The van der Waals surface area contributed by atoms with Gasteiger partial charge in [0.15, 0.2) is 0 Å². The number of aryl methyl sites for hydroxylation is 1. The van der Waals surface area contributed by atoms with Crippen LogP contribution in [0.1, 0.15) is 50.4 Å². The van der Waals surface area contributed by atoms with Crippen LogP contribution in [0.4, 0.5) is 13.2 Å². The van der Waals surface area contributed by atoms with Gasteiger partial charge in [0, 0.05) is 5.69 Å². The van der Waals surface area contributed by atoms with E-state index in [0.29, 0.717) is 0 Å². The molecule has 0 spiro atoms. The second-order valence-electron chi connectivity index (χ2n) is 7.38. The van der Waals surface area contributed by atoms with Crippen LogP contribution in [0.25, 0.3) is 11.5 Å². The molecule has 9 heteroatoms. The summed E-state index contributed by atoms with van der Waals surface area (Å²) in [6.45, 7) is 4.29. The van der Waals surface area contributed by atoms with Crippen LogP contribution < -0.4 is 5.56 Å². The van der Waals surface area contributed by atoms with Crippen LogP contribution in [-0.4, -0.2) is 27.9 Å². The summed E-state index contributed by atoms with van der Waals surface area (Å²) in [5.41, 5.74) is 1.89. The standard InChI is InChI=1S/C17H20F3N3O3/c1-9(25-8-17(18,19)20)13-22-15(26-23-13)11-6-10-7-16(2,3)5-4-12(10)21-14(11)24/h6,9H,4-5,7-8H2,1-3H3,(H,21,24). The van der Waals surface area contributed by atoms with E-state index in [2.05, 4.69) is 29.0 Å². The molecule has 2 heterocycles. The third kappa shape index (κ3) is 4.14. The number of aromatic nitrogens is 3. The predicted octanol–water partition coefficient (Wildman–Crippen LogP) is 3.58. The number of alkyl halides is 3. The summed E-state index contributed by atoms with van der Waals surface area (Å²) < 4.78 is 46.5. The third-order valence-corrected chi connectivity index (χ3v) is 4.47. The van der Waals surface area contributed by atoms with Crippen molar-refractivity contribution >= 4 is 0 Å². The van der Waals surface area contributed by atoms with Crippen LogP contribution in [0.5, 0.6) is 0 Å². The third-order valence-electron chi connectivity index (χ3n) is 4.47. The van der Waals surface area contributed by atoms with Gasteiger partial charge in [-0.2, -0.15) is 18.2 Å². The Bertz CT molecular complexity index is 855. The zero-order valence-electron chi connectivity index (χ0n) is 14.7. The van der Waals surface area contributed by atoms with Crippen LogP contribution in [-0.2, 0) is 17.6 Å². The molecule has 0 aliphatic heterocycles. The number of fused-ring (bicyclic) bond motifs is 1. The first kappa shape index (κ1) is 18.6. The highest BCUT2D eigenvalue weighted by Crippen LogP contribution is 2.34. The normalized spacial score (nSPS) is 17.8. The maximum atomic E-state index is 12.3. The number of nitrogens with zero attached hydrogens (tertiary/aromatic N) is 2. The lowest BCUT2D eigenvalue weighted by Crippen LogP contribution is -2.26. The Morgan fingerprint density at radius 2 is 2.15 bits per heavy atom. The van der Waals surface area contributed by atoms with Gasteiger partial charge in [0.2, 0.25) is 5.82 Å². The minimum atomic E-state index is -4.44. The van der Waals surface area contributed by atoms with Crippen LogP contribution >= 0.6 is 0 Å². The van der Waals surface area contributed by atoms with E-state index < -0.39 is 18.9 Å². The Kier molecular flexibility index (Phi) is 4.68. The first-order valence-electron chi connectivity index (χ1n) is 8.31. The smallest absolute Gasteiger partial charge is 0.361 e. The van der Waals surface area contributed by atoms with E-state index in [-0.39, 0.29) is 28.3 Å². The zero-order chi connectivity index (χ0) is 19.1. The summed E-state index contributed by atoms with van der Waals surface area (Å²) in [5, 5.41) is 3.64. The van der Waals surface area contributed by atoms with E-state index in [9.17, 15) is 18.0 Å². The van der Waals surface area contributed by atoms with Crippen molar-refractivity contribution in [3.63, 3.8) is 0 Å². The number of rotatable bonds is 4. The average molecular weight is 371 g/mol. The number of ether oxygens (including phenoxy) is 1. The van der Waals surface area contributed by atoms with Gasteiger partial charge < -0.3 is 14.2 Å². The number of hydrogen-bond acceptors (Lipinski definition) is 5. The molecule has 1 N–H and O–H groups in total. The van der Waals surface area contributed by atoms with Gasteiger partial charge in [-0.1, -0.05) is 19.0 Å². The van der Waals surface area contributed by atoms with Gasteiger partial charge in [-0.3, -0.25) is 4.79 Å². The fraction of sp³-hybridized carbons (Fsp3) is 0.588. The van der Waals surface area contributed by atoms with Crippen molar-refractivity contribution in [2.45, 2.75) is 52.3 Å². The van der Waals surface area contributed by atoms with Crippen LogP contribution in [0.3, 0.4) is 0 Å². The monoisotopic (exact) mass is 371 g/mol. The highest BCUT2D eigenvalue weighted by molar-refractivity contribution is 5.53. The van der Waals surface area contributed by atoms with Crippen molar-refractivity contribution in [2.24, 2.45) is 5.41 Å². The molecule has 1 aliphatic carbocycles. The molecule has 26 heavy (non-hydrogen) atoms. The molecule has 0 saturated heterocycles. The number of halogens is 3. The topological polar surface area (TPSA) is 81.0 Å². The van der Waals surface area contributed by atoms with Gasteiger partial charge in [-0.05, 0) is 43.2 Å². The maximum Gasteiger partial charge on any atom is 0.411 e. The van der Waals surface area contributed by atoms with E-state index in [0.717, 1.165) is 30.5 Å². The molecular weight excluding hydrogens is 351 g/mol. The molecule has 142 valence electrons. The molecule has 0 saturated carbocycles. The molecule has 6 nitrogen and oxygen atoms in total. The molecule has 2 aromatic rings. The van der Waals surface area contributed by atoms with Gasteiger partial charge in [-0.15, -0.1) is 0 Å². The number of nitrogens with one attached hydrogen (secondary N) is 1. The largest absolute Gasteiger partial charge is 0.411 e. The Balaban J connectivity index is 1.84. The highest BCUT2D eigenvalue weighted by Gasteiger charge is 2.30. The second kappa shape index (κ2) is 6.53. The molecule has 0 radical (unpaired) electrons. The van der Waals surface area contributed by atoms with Crippen molar-refractivity contribution in [3.8, 4) is 11.5 Å². The SMILES string of the molecule is CC(OCC(F)(F)F)c1noc(-c2cc3c([nH]c2=O)CCC(C)(C)C3)n1. The molecule has 0 aromatic carbocycles. The molecule has 0 fully saturated rings. The minimum absolute atomic E-state index is 0.0325. The quantitative estimate of drug-likeness (QED) is 0.888. The maximum absolute atomic E-state index is 12.3. The molecule has 0 amide bonds. The van der Waals surface area contributed by atoms with Crippen LogP contribution in [0.2, 0.25) is 0 Å². The van der Waals surface area contributed by atoms with Crippen LogP contribution in [0.15, 0.2) is 15.4 Å². The Morgan fingerprint density at radius 1 is 1.42 bits per heavy atom. The second-order valence-corrected chi connectivity index (χ2v) is 7.38. The average Bonchev–Trinajstić information content (AvgIpc) is 3.01. The molecule has 1 aliphatic rings. The Labute approximate surface area is 147 Å². The van der Waals surface area contributed by atoms with Gasteiger partial charge >= 0.3 is 6.18 Å². The molecule has 1 atom stereocenters.